The van der Waals surface area contributed by atoms with Crippen molar-refractivity contribution in [2.24, 2.45) is 11.8 Å². The van der Waals surface area contributed by atoms with Crippen LogP contribution < -0.4 is 10.6 Å². The van der Waals surface area contributed by atoms with Gasteiger partial charge in [-0.25, -0.2) is 9.59 Å². The first kappa shape index (κ1) is 23.3. The molecule has 170 valence electrons. The van der Waals surface area contributed by atoms with Crippen molar-refractivity contribution in [3.8, 4) is 11.1 Å². The number of hydrogen-bond donors (Lipinski definition) is 3. The van der Waals surface area contributed by atoms with Gasteiger partial charge in [-0.05, 0) is 34.1 Å². The number of carbonyl (C=O) groups excluding carboxylic acids is 2. The van der Waals surface area contributed by atoms with Crippen molar-refractivity contribution in [1.29, 1.82) is 0 Å². The zero-order chi connectivity index (χ0) is 23.4. The quantitative estimate of drug-likeness (QED) is 0.582. The molecule has 0 aromatic heterocycles. The summed E-state index contributed by atoms with van der Waals surface area (Å²) in [6.45, 7) is 7.11. The molecule has 2 aromatic rings. The van der Waals surface area contributed by atoms with E-state index in [-0.39, 0.29) is 24.4 Å². The fourth-order valence-corrected chi connectivity index (χ4v) is 4.06. The second-order valence-corrected chi connectivity index (χ2v) is 8.76. The van der Waals surface area contributed by atoms with E-state index in [1.54, 1.807) is 27.7 Å². The van der Waals surface area contributed by atoms with Crippen LogP contribution >= 0.6 is 0 Å². The largest absolute Gasteiger partial charge is 0.480 e. The lowest BCUT2D eigenvalue weighted by atomic mass is 9.98. The van der Waals surface area contributed by atoms with Crippen LogP contribution in [0.4, 0.5) is 4.79 Å². The number of fused-ring (bicyclic) bond motifs is 3. The summed E-state index contributed by atoms with van der Waals surface area (Å²) in [7, 11) is 0. The van der Waals surface area contributed by atoms with Crippen molar-refractivity contribution < 1.29 is 24.2 Å². The molecule has 0 aliphatic heterocycles. The van der Waals surface area contributed by atoms with Crippen LogP contribution in [0.3, 0.4) is 0 Å². The van der Waals surface area contributed by atoms with Gasteiger partial charge in [-0.1, -0.05) is 76.2 Å². The summed E-state index contributed by atoms with van der Waals surface area (Å²) in [5.41, 5.74) is 4.46. The van der Waals surface area contributed by atoms with E-state index in [1.165, 1.54) is 0 Å². The summed E-state index contributed by atoms with van der Waals surface area (Å²) in [5.74, 6) is -2.29. The molecule has 0 bridgehead atoms. The van der Waals surface area contributed by atoms with Gasteiger partial charge in [-0.2, -0.15) is 0 Å². The van der Waals surface area contributed by atoms with Crippen molar-refractivity contribution in [2.75, 3.05) is 6.61 Å². The SMILES string of the molecule is CC(C)C(NC(=O)C(NC(=O)OCC1c2ccccc2-c2ccccc21)C(C)C)C(=O)O. The van der Waals surface area contributed by atoms with Gasteiger partial charge in [0.2, 0.25) is 5.91 Å². The van der Waals surface area contributed by atoms with E-state index in [1.807, 2.05) is 36.4 Å². The maximum absolute atomic E-state index is 12.7. The second kappa shape index (κ2) is 9.85. The summed E-state index contributed by atoms with van der Waals surface area (Å²) in [5, 5.41) is 14.5. The number of aliphatic carboxylic acids is 1. The summed E-state index contributed by atoms with van der Waals surface area (Å²) < 4.78 is 5.52. The van der Waals surface area contributed by atoms with Gasteiger partial charge in [0.05, 0.1) is 0 Å². The van der Waals surface area contributed by atoms with Gasteiger partial charge in [-0.3, -0.25) is 4.79 Å². The molecule has 3 N–H and O–H groups in total. The Bertz CT molecular complexity index is 956. The minimum Gasteiger partial charge on any atom is -0.480 e. The Morgan fingerprint density at radius 3 is 1.81 bits per heavy atom. The van der Waals surface area contributed by atoms with E-state index < -0.39 is 30.1 Å². The minimum atomic E-state index is -1.11. The van der Waals surface area contributed by atoms with Crippen LogP contribution in [0.1, 0.15) is 44.7 Å². The predicted octanol–water partition coefficient (Wildman–Crippen LogP) is 3.78. The number of carboxylic acids is 1. The summed E-state index contributed by atoms with van der Waals surface area (Å²) in [4.78, 5) is 36.7. The third kappa shape index (κ3) is 4.93. The topological polar surface area (TPSA) is 105 Å². The zero-order valence-corrected chi connectivity index (χ0v) is 18.8. The normalized spacial score (nSPS) is 14.4. The molecular weight excluding hydrogens is 408 g/mol. The number of alkyl carbamates (subject to hydrolysis) is 1. The average Bonchev–Trinajstić information content (AvgIpc) is 3.07. The zero-order valence-electron chi connectivity index (χ0n) is 18.8. The molecule has 2 atom stereocenters. The fourth-order valence-electron chi connectivity index (χ4n) is 4.06. The van der Waals surface area contributed by atoms with Crippen molar-refractivity contribution >= 4 is 18.0 Å². The highest BCUT2D eigenvalue weighted by Gasteiger charge is 2.32. The summed E-state index contributed by atoms with van der Waals surface area (Å²) >= 11 is 0. The summed E-state index contributed by atoms with van der Waals surface area (Å²) in [6, 6.07) is 14.1. The standard InChI is InChI=1S/C25H30N2O5/c1-14(2)21(23(28)26-22(15(3)4)24(29)30)27-25(31)32-13-20-18-11-7-5-9-16(18)17-10-6-8-12-19(17)20/h5-12,14-15,20-22H,13H2,1-4H3,(H,26,28)(H,27,31)(H,29,30). The molecule has 2 unspecified atom stereocenters. The molecular formula is C25H30N2O5. The maximum Gasteiger partial charge on any atom is 0.407 e. The van der Waals surface area contributed by atoms with E-state index in [4.69, 9.17) is 4.74 Å². The molecule has 0 heterocycles. The van der Waals surface area contributed by atoms with Crippen molar-refractivity contribution in [2.45, 2.75) is 45.7 Å². The molecule has 32 heavy (non-hydrogen) atoms. The number of carboxylic acid groups (broad SMARTS) is 1. The Kier molecular flexibility index (Phi) is 7.18. The molecule has 7 heteroatoms. The third-order valence-electron chi connectivity index (χ3n) is 5.80. The van der Waals surface area contributed by atoms with Gasteiger partial charge >= 0.3 is 12.1 Å². The van der Waals surface area contributed by atoms with Gasteiger partial charge in [0, 0.05) is 5.92 Å². The van der Waals surface area contributed by atoms with E-state index in [0.29, 0.717) is 0 Å². The van der Waals surface area contributed by atoms with E-state index in [9.17, 15) is 19.5 Å². The lowest BCUT2D eigenvalue weighted by molar-refractivity contribution is -0.143. The van der Waals surface area contributed by atoms with E-state index >= 15 is 0 Å². The Balaban J connectivity index is 1.67. The molecule has 0 saturated heterocycles. The number of ether oxygens (including phenoxy) is 1. The molecule has 1 aliphatic rings. The number of rotatable bonds is 8. The molecule has 0 saturated carbocycles. The van der Waals surface area contributed by atoms with Crippen LogP contribution in [0, 0.1) is 11.8 Å². The first-order valence-corrected chi connectivity index (χ1v) is 10.8. The van der Waals surface area contributed by atoms with Gasteiger partial charge in [-0.15, -0.1) is 0 Å². The molecule has 2 amide bonds. The third-order valence-corrected chi connectivity index (χ3v) is 5.80. The van der Waals surface area contributed by atoms with Crippen LogP contribution in [0.5, 0.6) is 0 Å². The van der Waals surface area contributed by atoms with Crippen LogP contribution in [0.25, 0.3) is 11.1 Å². The Labute approximate surface area is 188 Å². The van der Waals surface area contributed by atoms with Crippen LogP contribution in [0.15, 0.2) is 48.5 Å². The minimum absolute atomic E-state index is 0.0863. The lowest BCUT2D eigenvalue weighted by Crippen LogP contribution is -2.55. The van der Waals surface area contributed by atoms with Crippen molar-refractivity contribution in [3.63, 3.8) is 0 Å². The predicted molar refractivity (Wildman–Crippen MR) is 121 cm³/mol. The number of benzene rings is 2. The Morgan fingerprint density at radius 1 is 0.844 bits per heavy atom. The van der Waals surface area contributed by atoms with Crippen molar-refractivity contribution in [1.82, 2.24) is 10.6 Å². The molecule has 7 nitrogen and oxygen atoms in total. The van der Waals surface area contributed by atoms with Gasteiger partial charge < -0.3 is 20.5 Å². The number of amides is 2. The smallest absolute Gasteiger partial charge is 0.407 e. The van der Waals surface area contributed by atoms with Gasteiger partial charge in [0.15, 0.2) is 0 Å². The van der Waals surface area contributed by atoms with Gasteiger partial charge in [0.25, 0.3) is 0 Å². The molecule has 0 fully saturated rings. The Morgan fingerprint density at radius 2 is 1.34 bits per heavy atom. The molecule has 0 spiro atoms. The number of hydrogen-bond acceptors (Lipinski definition) is 4. The van der Waals surface area contributed by atoms with Crippen LogP contribution in [-0.2, 0) is 14.3 Å². The number of nitrogens with one attached hydrogen (secondary N) is 2. The van der Waals surface area contributed by atoms with Crippen molar-refractivity contribution in [3.05, 3.63) is 59.7 Å². The average molecular weight is 439 g/mol. The first-order chi connectivity index (χ1) is 15.2. The van der Waals surface area contributed by atoms with Crippen LogP contribution in [-0.4, -0.2) is 41.8 Å². The van der Waals surface area contributed by atoms with E-state index in [2.05, 4.69) is 22.8 Å². The Hall–Kier alpha value is -3.35. The number of carbonyl (C=O) groups is 3. The molecule has 1 aliphatic carbocycles. The first-order valence-electron chi connectivity index (χ1n) is 10.8. The summed E-state index contributed by atoms with van der Waals surface area (Å²) in [6.07, 6.45) is -0.711. The highest BCUT2D eigenvalue weighted by atomic mass is 16.5. The maximum atomic E-state index is 12.7. The highest BCUT2D eigenvalue weighted by Crippen LogP contribution is 2.44. The second-order valence-electron chi connectivity index (χ2n) is 8.76. The molecule has 2 aromatic carbocycles. The lowest BCUT2D eigenvalue weighted by Gasteiger charge is -2.25. The molecule has 3 rings (SSSR count). The fraction of sp³-hybridized carbons (Fsp3) is 0.400. The monoisotopic (exact) mass is 438 g/mol. The van der Waals surface area contributed by atoms with Gasteiger partial charge in [0.1, 0.15) is 18.7 Å². The molecule has 0 radical (unpaired) electrons. The highest BCUT2D eigenvalue weighted by molar-refractivity contribution is 5.89. The van der Waals surface area contributed by atoms with E-state index in [0.717, 1.165) is 22.3 Å². The van der Waals surface area contributed by atoms with Crippen LogP contribution in [0.2, 0.25) is 0 Å².